The molecule has 1 heterocycles. The van der Waals surface area contributed by atoms with E-state index < -0.39 is 26.6 Å². The van der Waals surface area contributed by atoms with Crippen molar-refractivity contribution in [3.63, 3.8) is 0 Å². The second-order valence-corrected chi connectivity index (χ2v) is 14.9. The monoisotopic (exact) mass is 406 g/mol. The van der Waals surface area contributed by atoms with Gasteiger partial charge in [-0.15, -0.1) is 0 Å². The first-order chi connectivity index (χ1) is 12.6. The molecule has 1 fully saturated rings. The zero-order valence-electron chi connectivity index (χ0n) is 19.1. The number of carbonyl (C=O) groups is 1. The third-order valence-electron chi connectivity index (χ3n) is 6.47. The summed E-state index contributed by atoms with van der Waals surface area (Å²) >= 11 is 0. The Bertz CT molecular complexity index is 721. The third kappa shape index (κ3) is 4.53. The van der Waals surface area contributed by atoms with Crippen molar-refractivity contribution in [2.24, 2.45) is 0 Å². The Hall–Kier alpha value is -1.15. The Kier molecular flexibility index (Phi) is 6.27. The van der Waals surface area contributed by atoms with Crippen molar-refractivity contribution >= 4 is 26.9 Å². The molecule has 1 aromatic rings. The maximum atomic E-state index is 12.0. The maximum absolute atomic E-state index is 12.0. The highest BCUT2D eigenvalue weighted by Gasteiger charge is 2.52. The number of hydrogen-bond donors (Lipinski definition) is 0. The van der Waals surface area contributed by atoms with Crippen LogP contribution >= 0.6 is 0 Å². The molecule has 1 aliphatic heterocycles. The fraction of sp³-hybridized carbons (Fsp3) is 0.667. The van der Waals surface area contributed by atoms with Crippen LogP contribution in [0.4, 0.5) is 0 Å². The molecule has 0 spiro atoms. The van der Waals surface area contributed by atoms with Gasteiger partial charge in [0.2, 0.25) is 0 Å². The molecule has 0 bridgehead atoms. The number of benzene rings is 1. The molecule has 1 saturated heterocycles. The predicted octanol–water partition coefficient (Wildman–Crippen LogP) is 4.29. The average Bonchev–Trinajstić information content (AvgIpc) is 2.78. The van der Waals surface area contributed by atoms with Crippen molar-refractivity contribution in [1.29, 1.82) is 0 Å². The Balaban J connectivity index is 2.39. The summed E-state index contributed by atoms with van der Waals surface area (Å²) in [6.45, 7) is 19.6. The van der Waals surface area contributed by atoms with Crippen LogP contribution in [-0.2, 0) is 25.1 Å². The van der Waals surface area contributed by atoms with E-state index in [1.165, 1.54) is 7.11 Å². The molecule has 0 saturated carbocycles. The SMILES string of the molecule is COC(=O)c1ccc(B2OC(C)(C)C(C)(C)O2)c(CO[Si](C)(C)C(C)(C)C)c1. The number of esters is 1. The molecule has 156 valence electrons. The van der Waals surface area contributed by atoms with Gasteiger partial charge in [0.1, 0.15) is 0 Å². The van der Waals surface area contributed by atoms with Crippen LogP contribution in [0.25, 0.3) is 0 Å². The van der Waals surface area contributed by atoms with Crippen molar-refractivity contribution < 1.29 is 23.3 Å². The molecule has 0 aliphatic carbocycles. The van der Waals surface area contributed by atoms with Crippen molar-refractivity contribution in [2.45, 2.75) is 84.4 Å². The molecule has 0 aromatic heterocycles. The average molecular weight is 406 g/mol. The van der Waals surface area contributed by atoms with E-state index in [0.29, 0.717) is 12.2 Å². The van der Waals surface area contributed by atoms with E-state index in [-0.39, 0.29) is 11.0 Å². The van der Waals surface area contributed by atoms with Gasteiger partial charge in [-0.05, 0) is 69.0 Å². The van der Waals surface area contributed by atoms with E-state index in [2.05, 4.69) is 33.9 Å². The van der Waals surface area contributed by atoms with Gasteiger partial charge in [-0.2, -0.15) is 0 Å². The molecule has 28 heavy (non-hydrogen) atoms. The Morgan fingerprint density at radius 1 is 1.11 bits per heavy atom. The number of rotatable bonds is 5. The lowest BCUT2D eigenvalue weighted by Crippen LogP contribution is -2.42. The van der Waals surface area contributed by atoms with Crippen LogP contribution < -0.4 is 5.46 Å². The smallest absolute Gasteiger partial charge is 0.465 e. The maximum Gasteiger partial charge on any atom is 0.495 e. The lowest BCUT2D eigenvalue weighted by atomic mass is 9.75. The topological polar surface area (TPSA) is 54.0 Å². The van der Waals surface area contributed by atoms with Crippen molar-refractivity contribution in [3.8, 4) is 0 Å². The van der Waals surface area contributed by atoms with Gasteiger partial charge in [-0.1, -0.05) is 26.8 Å². The van der Waals surface area contributed by atoms with Crippen LogP contribution in [0.5, 0.6) is 0 Å². The van der Waals surface area contributed by atoms with Crippen LogP contribution in [0.1, 0.15) is 64.4 Å². The number of methoxy groups -OCH3 is 1. The highest BCUT2D eigenvalue weighted by Crippen LogP contribution is 2.38. The van der Waals surface area contributed by atoms with Gasteiger partial charge in [0.05, 0.1) is 30.5 Å². The molecule has 0 N–H and O–H groups in total. The van der Waals surface area contributed by atoms with Gasteiger partial charge >= 0.3 is 13.1 Å². The van der Waals surface area contributed by atoms with Gasteiger partial charge in [0, 0.05) is 0 Å². The quantitative estimate of drug-likeness (QED) is 0.539. The Morgan fingerprint density at radius 2 is 1.64 bits per heavy atom. The summed E-state index contributed by atoms with van der Waals surface area (Å²) in [7, 11) is -1.08. The van der Waals surface area contributed by atoms with Crippen LogP contribution in [0, 0.1) is 0 Å². The van der Waals surface area contributed by atoms with Gasteiger partial charge in [0.15, 0.2) is 8.32 Å². The zero-order valence-corrected chi connectivity index (χ0v) is 20.1. The normalized spacial score (nSPS) is 19.0. The highest BCUT2D eigenvalue weighted by atomic mass is 28.4. The molecular formula is C21H35BO5Si. The molecular weight excluding hydrogens is 371 g/mol. The summed E-state index contributed by atoms with van der Waals surface area (Å²) in [4.78, 5) is 12.0. The van der Waals surface area contributed by atoms with E-state index in [4.69, 9.17) is 18.5 Å². The summed E-state index contributed by atoms with van der Waals surface area (Å²) in [5.74, 6) is -0.367. The van der Waals surface area contributed by atoms with Crippen LogP contribution in [0.2, 0.25) is 18.1 Å². The van der Waals surface area contributed by atoms with Gasteiger partial charge in [-0.3, -0.25) is 0 Å². The molecule has 0 radical (unpaired) electrons. The van der Waals surface area contributed by atoms with E-state index in [1.807, 2.05) is 39.8 Å². The van der Waals surface area contributed by atoms with E-state index in [1.54, 1.807) is 6.07 Å². The zero-order chi connectivity index (χ0) is 21.5. The number of ether oxygens (including phenoxy) is 1. The third-order valence-corrected chi connectivity index (χ3v) is 10.9. The lowest BCUT2D eigenvalue weighted by Gasteiger charge is -2.36. The van der Waals surface area contributed by atoms with E-state index in [0.717, 1.165) is 11.0 Å². The number of carbonyl (C=O) groups excluding carboxylic acids is 1. The van der Waals surface area contributed by atoms with Crippen LogP contribution in [0.15, 0.2) is 18.2 Å². The standard InChI is InChI=1S/C21H35BO5Si/c1-19(2,3)28(9,10)25-14-16-13-15(18(23)24-8)11-12-17(16)22-26-20(4,5)21(6,7)27-22/h11-13H,14H2,1-10H3. The first kappa shape index (κ1) is 23.1. The molecule has 1 aliphatic rings. The minimum absolute atomic E-state index is 0.0947. The molecule has 2 rings (SSSR count). The first-order valence-corrected chi connectivity index (χ1v) is 12.7. The Labute approximate surface area is 171 Å². The van der Waals surface area contributed by atoms with E-state index in [9.17, 15) is 4.79 Å². The predicted molar refractivity (Wildman–Crippen MR) is 115 cm³/mol. The summed E-state index contributed by atoms with van der Waals surface area (Å²) in [6, 6.07) is 5.47. The second kappa shape index (κ2) is 7.59. The molecule has 0 unspecified atom stereocenters. The summed E-state index contributed by atoms with van der Waals surface area (Å²) < 4.78 is 23.8. The lowest BCUT2D eigenvalue weighted by molar-refractivity contribution is 0.00578. The van der Waals surface area contributed by atoms with Crippen molar-refractivity contribution in [3.05, 3.63) is 29.3 Å². The first-order valence-electron chi connectivity index (χ1n) is 9.82. The van der Waals surface area contributed by atoms with Crippen LogP contribution in [0.3, 0.4) is 0 Å². The van der Waals surface area contributed by atoms with E-state index >= 15 is 0 Å². The summed E-state index contributed by atoms with van der Waals surface area (Å²) in [6.07, 6.45) is 0. The summed E-state index contributed by atoms with van der Waals surface area (Å²) in [5.41, 5.74) is 1.42. The fourth-order valence-electron chi connectivity index (χ4n) is 2.65. The summed E-state index contributed by atoms with van der Waals surface area (Å²) in [5, 5.41) is 0.0947. The van der Waals surface area contributed by atoms with Gasteiger partial charge in [0.25, 0.3) is 0 Å². The highest BCUT2D eigenvalue weighted by molar-refractivity contribution is 6.74. The minimum Gasteiger partial charge on any atom is -0.465 e. The molecule has 1 aromatic carbocycles. The Morgan fingerprint density at radius 3 is 2.11 bits per heavy atom. The number of hydrogen-bond acceptors (Lipinski definition) is 5. The largest absolute Gasteiger partial charge is 0.495 e. The van der Waals surface area contributed by atoms with Gasteiger partial charge < -0.3 is 18.5 Å². The second-order valence-electron chi connectivity index (χ2n) is 10.0. The van der Waals surface area contributed by atoms with Crippen molar-refractivity contribution in [2.75, 3.05) is 7.11 Å². The molecule has 0 atom stereocenters. The molecule has 5 nitrogen and oxygen atoms in total. The molecule has 7 heteroatoms. The molecule has 0 amide bonds. The minimum atomic E-state index is -1.96. The van der Waals surface area contributed by atoms with Crippen molar-refractivity contribution in [1.82, 2.24) is 0 Å². The van der Waals surface area contributed by atoms with Gasteiger partial charge in [-0.25, -0.2) is 4.79 Å². The van der Waals surface area contributed by atoms with Crippen LogP contribution in [-0.4, -0.2) is 39.7 Å². The fourth-order valence-corrected chi connectivity index (χ4v) is 3.60.